The second kappa shape index (κ2) is 8.34. The van der Waals surface area contributed by atoms with Crippen LogP contribution < -0.4 is 5.32 Å². The summed E-state index contributed by atoms with van der Waals surface area (Å²) in [5, 5.41) is 6.69. The maximum atomic E-state index is 12.9. The maximum Gasteiger partial charge on any atom is 0.275 e. The standard InChI is InChI=1S/C21H20FN7O2/c1-27(11-9-22)20(31)15-12-23-28(2)18(15)19(30)25-17-8-10-29-13-16(24-21(29)26-17)14-6-4-3-5-7-14/h3-8,10,12-13H,9,11H2,1-2H3,(H,24,25,26,30). The summed E-state index contributed by atoms with van der Waals surface area (Å²) in [4.78, 5) is 35.5. The molecule has 0 bridgehead atoms. The molecule has 0 aliphatic carbocycles. The molecule has 0 aliphatic rings. The van der Waals surface area contributed by atoms with E-state index in [0.29, 0.717) is 5.78 Å². The van der Waals surface area contributed by atoms with Crippen molar-refractivity contribution in [3.05, 3.63) is 66.2 Å². The first-order valence-corrected chi connectivity index (χ1v) is 9.54. The minimum atomic E-state index is -0.677. The molecule has 2 amide bonds. The summed E-state index contributed by atoms with van der Waals surface area (Å²) < 4.78 is 15.7. The van der Waals surface area contributed by atoms with Gasteiger partial charge in [0.15, 0.2) is 0 Å². The summed E-state index contributed by atoms with van der Waals surface area (Å²) >= 11 is 0. The van der Waals surface area contributed by atoms with Gasteiger partial charge in [0.2, 0.25) is 5.78 Å². The number of rotatable bonds is 6. The van der Waals surface area contributed by atoms with Crippen LogP contribution in [-0.2, 0) is 7.05 Å². The lowest BCUT2D eigenvalue weighted by molar-refractivity contribution is 0.0780. The molecule has 9 nitrogen and oxygen atoms in total. The van der Waals surface area contributed by atoms with E-state index in [0.717, 1.165) is 11.3 Å². The van der Waals surface area contributed by atoms with Gasteiger partial charge in [-0.1, -0.05) is 30.3 Å². The number of benzene rings is 1. The number of aryl methyl sites for hydroxylation is 1. The van der Waals surface area contributed by atoms with Gasteiger partial charge in [-0.25, -0.2) is 9.37 Å². The predicted molar refractivity (Wildman–Crippen MR) is 113 cm³/mol. The van der Waals surface area contributed by atoms with Crippen molar-refractivity contribution in [3.63, 3.8) is 0 Å². The van der Waals surface area contributed by atoms with Gasteiger partial charge in [-0.05, 0) is 6.07 Å². The van der Waals surface area contributed by atoms with Gasteiger partial charge in [-0.2, -0.15) is 10.1 Å². The van der Waals surface area contributed by atoms with Crippen molar-refractivity contribution in [1.29, 1.82) is 0 Å². The van der Waals surface area contributed by atoms with Crippen molar-refractivity contribution in [2.75, 3.05) is 25.6 Å². The van der Waals surface area contributed by atoms with Crippen LogP contribution in [0.4, 0.5) is 10.2 Å². The van der Waals surface area contributed by atoms with Gasteiger partial charge >= 0.3 is 0 Å². The fourth-order valence-corrected chi connectivity index (χ4v) is 3.16. The largest absolute Gasteiger partial charge is 0.339 e. The van der Waals surface area contributed by atoms with Crippen LogP contribution in [0.2, 0.25) is 0 Å². The van der Waals surface area contributed by atoms with Gasteiger partial charge in [-0.15, -0.1) is 0 Å². The van der Waals surface area contributed by atoms with E-state index in [-0.39, 0.29) is 23.6 Å². The van der Waals surface area contributed by atoms with Gasteiger partial charge in [0.05, 0.1) is 17.5 Å². The molecule has 0 radical (unpaired) electrons. The molecule has 1 N–H and O–H groups in total. The molecule has 0 atom stereocenters. The molecule has 4 rings (SSSR count). The molecule has 0 unspecified atom stereocenters. The quantitative estimate of drug-likeness (QED) is 0.516. The molecular weight excluding hydrogens is 401 g/mol. The van der Waals surface area contributed by atoms with Crippen LogP contribution >= 0.6 is 0 Å². The fraction of sp³-hybridized carbons (Fsp3) is 0.190. The lowest BCUT2D eigenvalue weighted by Crippen LogP contribution is -2.30. The van der Waals surface area contributed by atoms with Crippen LogP contribution in [0.15, 0.2) is 55.0 Å². The van der Waals surface area contributed by atoms with E-state index in [1.54, 1.807) is 23.7 Å². The van der Waals surface area contributed by atoms with E-state index in [4.69, 9.17) is 0 Å². The molecule has 3 heterocycles. The number of carbonyl (C=O) groups excluding carboxylic acids is 2. The second-order valence-electron chi connectivity index (χ2n) is 6.91. The number of hydrogen-bond donors (Lipinski definition) is 1. The van der Waals surface area contributed by atoms with Crippen molar-refractivity contribution < 1.29 is 14.0 Å². The normalized spacial score (nSPS) is 10.9. The lowest BCUT2D eigenvalue weighted by Gasteiger charge is -2.15. The number of fused-ring (bicyclic) bond motifs is 1. The van der Waals surface area contributed by atoms with Crippen molar-refractivity contribution in [3.8, 4) is 11.3 Å². The molecule has 10 heteroatoms. The maximum absolute atomic E-state index is 12.9. The third kappa shape index (κ3) is 4.00. The number of nitrogens with zero attached hydrogens (tertiary/aromatic N) is 6. The minimum absolute atomic E-state index is 0.0608. The molecular formula is C21H20FN7O2. The van der Waals surface area contributed by atoms with E-state index < -0.39 is 18.5 Å². The van der Waals surface area contributed by atoms with Crippen LogP contribution in [0.1, 0.15) is 20.8 Å². The first kappa shape index (κ1) is 20.2. The number of imidazole rings is 1. The smallest absolute Gasteiger partial charge is 0.275 e. The monoisotopic (exact) mass is 421 g/mol. The average Bonchev–Trinajstić information content (AvgIpc) is 3.37. The molecule has 158 valence electrons. The summed E-state index contributed by atoms with van der Waals surface area (Å²) in [5.41, 5.74) is 1.86. The van der Waals surface area contributed by atoms with Crippen LogP contribution in [0.3, 0.4) is 0 Å². The third-order valence-corrected chi connectivity index (χ3v) is 4.79. The number of aromatic nitrogens is 5. The molecule has 0 spiro atoms. The Bertz CT molecular complexity index is 1250. The topological polar surface area (TPSA) is 97.4 Å². The Hall–Kier alpha value is -4.08. The summed E-state index contributed by atoms with van der Waals surface area (Å²) in [6.45, 7) is -0.750. The highest BCUT2D eigenvalue weighted by Gasteiger charge is 2.24. The third-order valence-electron chi connectivity index (χ3n) is 4.79. The van der Waals surface area contributed by atoms with Crippen molar-refractivity contribution in [2.45, 2.75) is 0 Å². The lowest BCUT2D eigenvalue weighted by atomic mass is 10.2. The number of hydrogen-bond acceptors (Lipinski definition) is 5. The first-order valence-electron chi connectivity index (χ1n) is 9.54. The Morgan fingerprint density at radius 3 is 2.68 bits per heavy atom. The zero-order chi connectivity index (χ0) is 22.0. The highest BCUT2D eigenvalue weighted by atomic mass is 19.1. The van der Waals surface area contributed by atoms with Crippen LogP contribution in [-0.4, -0.2) is 61.1 Å². The second-order valence-corrected chi connectivity index (χ2v) is 6.91. The van der Waals surface area contributed by atoms with E-state index in [1.807, 2.05) is 36.5 Å². The number of halogens is 1. The molecule has 0 fully saturated rings. The SMILES string of the molecule is CN(CCF)C(=O)c1cnn(C)c1C(=O)Nc1ccn2cc(-c3ccccc3)nc2n1. The number of nitrogens with one attached hydrogen (secondary N) is 1. The summed E-state index contributed by atoms with van der Waals surface area (Å²) in [7, 11) is 3.02. The molecule has 0 saturated heterocycles. The Morgan fingerprint density at radius 2 is 1.94 bits per heavy atom. The molecule has 31 heavy (non-hydrogen) atoms. The fourth-order valence-electron chi connectivity index (χ4n) is 3.16. The average molecular weight is 421 g/mol. The van der Waals surface area contributed by atoms with Crippen molar-refractivity contribution in [2.24, 2.45) is 7.05 Å². The molecule has 4 aromatic rings. The summed E-state index contributed by atoms with van der Waals surface area (Å²) in [5.74, 6) is -0.344. The Balaban J connectivity index is 1.59. The predicted octanol–water partition coefficient (Wildman–Crippen LogP) is 2.42. The van der Waals surface area contributed by atoms with Gasteiger partial charge in [0.1, 0.15) is 18.2 Å². The van der Waals surface area contributed by atoms with Crippen molar-refractivity contribution >= 4 is 23.4 Å². The Kier molecular flexibility index (Phi) is 5.44. The minimum Gasteiger partial charge on any atom is -0.339 e. The van der Waals surface area contributed by atoms with Crippen molar-refractivity contribution in [1.82, 2.24) is 29.0 Å². The summed E-state index contributed by atoms with van der Waals surface area (Å²) in [6, 6.07) is 11.3. The van der Waals surface area contributed by atoms with E-state index in [2.05, 4.69) is 20.4 Å². The van der Waals surface area contributed by atoms with Crippen LogP contribution in [0.5, 0.6) is 0 Å². The van der Waals surface area contributed by atoms with Gasteiger partial charge < -0.3 is 10.2 Å². The van der Waals surface area contributed by atoms with E-state index in [1.165, 1.54) is 22.8 Å². The Morgan fingerprint density at radius 1 is 1.16 bits per heavy atom. The molecule has 3 aromatic heterocycles. The van der Waals surface area contributed by atoms with E-state index >= 15 is 0 Å². The zero-order valence-corrected chi connectivity index (χ0v) is 17.0. The highest BCUT2D eigenvalue weighted by molar-refractivity contribution is 6.10. The van der Waals surface area contributed by atoms with Gasteiger partial charge in [0, 0.05) is 38.6 Å². The number of amides is 2. The zero-order valence-electron chi connectivity index (χ0n) is 17.0. The van der Waals surface area contributed by atoms with Gasteiger partial charge in [0.25, 0.3) is 11.8 Å². The van der Waals surface area contributed by atoms with Gasteiger partial charge in [-0.3, -0.25) is 18.7 Å². The number of anilines is 1. The summed E-state index contributed by atoms with van der Waals surface area (Å²) in [6.07, 6.45) is 4.88. The van der Waals surface area contributed by atoms with Crippen LogP contribution in [0.25, 0.3) is 17.0 Å². The number of alkyl halides is 1. The first-order chi connectivity index (χ1) is 15.0. The molecule has 1 aromatic carbocycles. The molecule has 0 aliphatic heterocycles. The Labute approximate surface area is 177 Å². The van der Waals surface area contributed by atoms with E-state index in [9.17, 15) is 14.0 Å². The van der Waals surface area contributed by atoms with Crippen LogP contribution in [0, 0.1) is 0 Å². The highest BCUT2D eigenvalue weighted by Crippen LogP contribution is 2.19. The molecule has 0 saturated carbocycles. The number of carbonyl (C=O) groups is 2.